The number of nitrogens with two attached hydrogens (primary N) is 1. The summed E-state index contributed by atoms with van der Waals surface area (Å²) >= 11 is 0. The maximum atomic E-state index is 11.9. The molecule has 116 valence electrons. The van der Waals surface area contributed by atoms with Crippen LogP contribution in [0, 0.1) is 0 Å². The molecule has 1 aliphatic carbocycles. The van der Waals surface area contributed by atoms with Crippen LogP contribution in [0.3, 0.4) is 0 Å². The first-order valence-corrected chi connectivity index (χ1v) is 8.98. The number of carbonyl (C=O) groups excluding carboxylic acids is 1. The van der Waals surface area contributed by atoms with E-state index in [4.69, 9.17) is 5.73 Å². The van der Waals surface area contributed by atoms with Gasteiger partial charge in [-0.1, -0.05) is 24.3 Å². The van der Waals surface area contributed by atoms with Crippen molar-refractivity contribution in [1.82, 2.24) is 4.90 Å². The largest absolute Gasteiger partial charge is 0.370 e. The summed E-state index contributed by atoms with van der Waals surface area (Å²) in [6.45, 7) is 0.472. The lowest BCUT2D eigenvalue weighted by molar-refractivity contribution is -0.117. The number of amides is 1. The number of primary amides is 1. The third kappa shape index (κ3) is 4.28. The Labute approximate surface area is 126 Å². The molecule has 1 aromatic carbocycles. The van der Waals surface area contributed by atoms with Crippen LogP contribution >= 0.6 is 0 Å². The van der Waals surface area contributed by atoms with Gasteiger partial charge in [0.15, 0.2) is 9.84 Å². The Morgan fingerprint density at radius 3 is 2.76 bits per heavy atom. The van der Waals surface area contributed by atoms with Crippen molar-refractivity contribution in [2.24, 2.45) is 5.73 Å². The monoisotopic (exact) mass is 310 g/mol. The number of fused-ring (bicyclic) bond motifs is 1. The molecular weight excluding hydrogens is 288 g/mol. The topological polar surface area (TPSA) is 80.5 Å². The normalized spacial score (nSPS) is 17.9. The standard InChI is InChI=1S/C15H22N2O3S/c1-17(9-11-21(19,20)10-8-15(16)18)14-7-6-12-4-2-3-5-13(12)14/h2-5,14H,6-11H2,1H3,(H2,16,18). The number of hydrogen-bond donors (Lipinski definition) is 1. The first-order chi connectivity index (χ1) is 9.89. The summed E-state index contributed by atoms with van der Waals surface area (Å²) in [7, 11) is -1.27. The van der Waals surface area contributed by atoms with Crippen LogP contribution in [0.4, 0.5) is 0 Å². The van der Waals surface area contributed by atoms with Gasteiger partial charge in [0.2, 0.25) is 5.91 Å². The molecule has 0 fully saturated rings. The molecule has 2 N–H and O–H groups in total. The maximum Gasteiger partial charge on any atom is 0.218 e. The van der Waals surface area contributed by atoms with E-state index < -0.39 is 15.7 Å². The van der Waals surface area contributed by atoms with Crippen molar-refractivity contribution < 1.29 is 13.2 Å². The Kier molecular flexibility index (Phi) is 5.00. The van der Waals surface area contributed by atoms with Crippen LogP contribution in [0.2, 0.25) is 0 Å². The van der Waals surface area contributed by atoms with Gasteiger partial charge in [0, 0.05) is 19.0 Å². The van der Waals surface area contributed by atoms with Crippen LogP contribution in [-0.4, -0.2) is 44.3 Å². The molecule has 0 radical (unpaired) electrons. The second kappa shape index (κ2) is 6.58. The highest BCUT2D eigenvalue weighted by Gasteiger charge is 2.26. The van der Waals surface area contributed by atoms with Gasteiger partial charge >= 0.3 is 0 Å². The van der Waals surface area contributed by atoms with Crippen molar-refractivity contribution in [3.05, 3.63) is 35.4 Å². The van der Waals surface area contributed by atoms with E-state index in [1.165, 1.54) is 11.1 Å². The van der Waals surface area contributed by atoms with Crippen LogP contribution in [0.5, 0.6) is 0 Å². The van der Waals surface area contributed by atoms with Crippen molar-refractivity contribution in [1.29, 1.82) is 0 Å². The molecule has 0 bridgehead atoms. The van der Waals surface area contributed by atoms with Gasteiger partial charge < -0.3 is 5.73 Å². The Balaban J connectivity index is 1.91. The average Bonchev–Trinajstić information content (AvgIpc) is 2.87. The molecule has 1 aliphatic rings. The highest BCUT2D eigenvalue weighted by molar-refractivity contribution is 7.91. The quantitative estimate of drug-likeness (QED) is 0.811. The Bertz CT molecular complexity index is 613. The fourth-order valence-corrected chi connectivity index (χ4v) is 4.07. The van der Waals surface area contributed by atoms with Crippen molar-refractivity contribution in [2.75, 3.05) is 25.1 Å². The molecular formula is C15H22N2O3S. The Morgan fingerprint density at radius 1 is 1.33 bits per heavy atom. The van der Waals surface area contributed by atoms with Crippen molar-refractivity contribution in [3.8, 4) is 0 Å². The van der Waals surface area contributed by atoms with Gasteiger partial charge in [-0.2, -0.15) is 0 Å². The van der Waals surface area contributed by atoms with E-state index in [1.54, 1.807) is 0 Å². The first kappa shape index (κ1) is 16.0. The summed E-state index contributed by atoms with van der Waals surface area (Å²) in [6.07, 6.45) is 1.97. The molecule has 0 saturated heterocycles. The number of sulfone groups is 1. The third-order valence-electron chi connectivity index (χ3n) is 4.05. The molecule has 1 unspecified atom stereocenters. The highest BCUT2D eigenvalue weighted by Crippen LogP contribution is 2.34. The van der Waals surface area contributed by atoms with E-state index in [0.29, 0.717) is 6.54 Å². The molecule has 1 amide bonds. The second-order valence-corrected chi connectivity index (χ2v) is 7.91. The predicted molar refractivity (Wildman–Crippen MR) is 82.6 cm³/mol. The molecule has 21 heavy (non-hydrogen) atoms. The minimum absolute atomic E-state index is 0.0649. The van der Waals surface area contributed by atoms with E-state index in [2.05, 4.69) is 17.0 Å². The van der Waals surface area contributed by atoms with E-state index >= 15 is 0 Å². The van der Waals surface area contributed by atoms with Gasteiger partial charge in [0.25, 0.3) is 0 Å². The average molecular weight is 310 g/mol. The molecule has 6 heteroatoms. The Morgan fingerprint density at radius 2 is 2.05 bits per heavy atom. The lowest BCUT2D eigenvalue weighted by atomic mass is 10.1. The van der Waals surface area contributed by atoms with Crippen molar-refractivity contribution in [2.45, 2.75) is 25.3 Å². The van der Waals surface area contributed by atoms with Gasteiger partial charge in [-0.15, -0.1) is 0 Å². The van der Waals surface area contributed by atoms with Crippen LogP contribution < -0.4 is 5.73 Å². The molecule has 1 aromatic rings. The minimum atomic E-state index is -3.22. The van der Waals surface area contributed by atoms with Gasteiger partial charge in [-0.3, -0.25) is 9.69 Å². The zero-order valence-electron chi connectivity index (χ0n) is 12.3. The second-order valence-electron chi connectivity index (χ2n) is 5.60. The number of aryl methyl sites for hydroxylation is 1. The van der Waals surface area contributed by atoms with Gasteiger partial charge in [-0.05, 0) is 31.0 Å². The minimum Gasteiger partial charge on any atom is -0.370 e. The van der Waals surface area contributed by atoms with Crippen LogP contribution in [-0.2, 0) is 21.1 Å². The Hall–Kier alpha value is -1.40. The molecule has 5 nitrogen and oxygen atoms in total. The maximum absolute atomic E-state index is 11.9. The summed E-state index contributed by atoms with van der Waals surface area (Å²) in [6, 6.07) is 8.59. The number of carbonyl (C=O) groups is 1. The van der Waals surface area contributed by atoms with Gasteiger partial charge in [0.1, 0.15) is 0 Å². The number of benzene rings is 1. The summed E-state index contributed by atoms with van der Waals surface area (Å²) in [4.78, 5) is 12.8. The number of hydrogen-bond acceptors (Lipinski definition) is 4. The fraction of sp³-hybridized carbons (Fsp3) is 0.533. The zero-order chi connectivity index (χ0) is 15.5. The SMILES string of the molecule is CN(CCS(=O)(=O)CCC(N)=O)C1CCc2ccccc21. The lowest BCUT2D eigenvalue weighted by Gasteiger charge is -2.25. The van der Waals surface area contributed by atoms with Gasteiger partial charge in [0.05, 0.1) is 11.5 Å². The molecule has 0 heterocycles. The molecule has 0 aliphatic heterocycles. The lowest BCUT2D eigenvalue weighted by Crippen LogP contribution is -2.30. The molecule has 1 atom stereocenters. The number of rotatable bonds is 7. The fourth-order valence-electron chi connectivity index (χ4n) is 2.79. The van der Waals surface area contributed by atoms with E-state index in [1.807, 2.05) is 19.2 Å². The summed E-state index contributed by atoms with van der Waals surface area (Å²) in [5, 5.41) is 0. The van der Waals surface area contributed by atoms with Crippen molar-refractivity contribution >= 4 is 15.7 Å². The molecule has 0 aromatic heterocycles. The summed E-state index contributed by atoms with van der Waals surface area (Å²) in [5.74, 6) is -0.663. The smallest absolute Gasteiger partial charge is 0.218 e. The van der Waals surface area contributed by atoms with Crippen LogP contribution in [0.15, 0.2) is 24.3 Å². The molecule has 0 saturated carbocycles. The zero-order valence-corrected chi connectivity index (χ0v) is 13.1. The molecule has 2 rings (SSSR count). The summed E-state index contributed by atoms with van der Waals surface area (Å²) in [5.41, 5.74) is 7.65. The van der Waals surface area contributed by atoms with Gasteiger partial charge in [-0.25, -0.2) is 8.42 Å². The number of nitrogens with zero attached hydrogens (tertiary/aromatic N) is 1. The van der Waals surface area contributed by atoms with Crippen LogP contribution in [0.1, 0.15) is 30.0 Å². The third-order valence-corrected chi connectivity index (χ3v) is 5.68. The summed E-state index contributed by atoms with van der Waals surface area (Å²) < 4.78 is 23.7. The van der Waals surface area contributed by atoms with Crippen LogP contribution in [0.25, 0.3) is 0 Å². The van der Waals surface area contributed by atoms with E-state index in [9.17, 15) is 13.2 Å². The van der Waals surface area contributed by atoms with E-state index in [-0.39, 0.29) is 24.0 Å². The predicted octanol–water partition coefficient (Wildman–Crippen LogP) is 0.896. The molecule has 0 spiro atoms. The van der Waals surface area contributed by atoms with Crippen molar-refractivity contribution in [3.63, 3.8) is 0 Å². The van der Waals surface area contributed by atoms with E-state index in [0.717, 1.165) is 12.8 Å². The highest BCUT2D eigenvalue weighted by atomic mass is 32.2. The first-order valence-electron chi connectivity index (χ1n) is 7.16.